The fourth-order valence-electron chi connectivity index (χ4n) is 2.15. The highest BCUT2D eigenvalue weighted by atomic mass is 16.3. The quantitative estimate of drug-likeness (QED) is 0.874. The van der Waals surface area contributed by atoms with Crippen molar-refractivity contribution >= 4 is 11.4 Å². The van der Waals surface area contributed by atoms with Gasteiger partial charge in [0.2, 0.25) is 0 Å². The minimum atomic E-state index is 0.0709. The fourth-order valence-corrected chi connectivity index (χ4v) is 2.15. The van der Waals surface area contributed by atoms with Crippen molar-refractivity contribution in [3.63, 3.8) is 0 Å². The molecular weight excluding hydrogens is 248 g/mol. The molecule has 1 atom stereocenters. The monoisotopic (exact) mass is 270 g/mol. The summed E-state index contributed by atoms with van der Waals surface area (Å²) in [5.74, 6) is 0. The third kappa shape index (κ3) is 3.52. The van der Waals surface area contributed by atoms with E-state index in [-0.39, 0.29) is 12.6 Å². The van der Waals surface area contributed by atoms with Crippen LogP contribution in [-0.2, 0) is 6.61 Å². The molecule has 0 fully saturated rings. The zero-order valence-corrected chi connectivity index (χ0v) is 12.3. The molecule has 0 spiro atoms. The van der Waals surface area contributed by atoms with Crippen molar-refractivity contribution in [2.75, 3.05) is 24.3 Å². The fraction of sp³-hybridized carbons (Fsp3) is 0.294. The van der Waals surface area contributed by atoms with E-state index in [0.29, 0.717) is 0 Å². The highest BCUT2D eigenvalue weighted by Gasteiger charge is 2.06. The summed E-state index contributed by atoms with van der Waals surface area (Å²) in [5.41, 5.74) is 4.39. The summed E-state index contributed by atoms with van der Waals surface area (Å²) in [6.45, 7) is 2.21. The van der Waals surface area contributed by atoms with Crippen LogP contribution in [0.15, 0.2) is 48.5 Å². The molecule has 2 aromatic rings. The van der Waals surface area contributed by atoms with Crippen molar-refractivity contribution in [3.8, 4) is 0 Å². The second-order valence-corrected chi connectivity index (χ2v) is 5.21. The zero-order valence-electron chi connectivity index (χ0n) is 12.3. The molecule has 2 N–H and O–H groups in total. The lowest BCUT2D eigenvalue weighted by Crippen LogP contribution is -2.10. The van der Waals surface area contributed by atoms with Gasteiger partial charge in [-0.3, -0.25) is 0 Å². The topological polar surface area (TPSA) is 35.5 Å². The second-order valence-electron chi connectivity index (χ2n) is 5.21. The summed E-state index contributed by atoms with van der Waals surface area (Å²) < 4.78 is 0. The number of hydrogen-bond acceptors (Lipinski definition) is 3. The van der Waals surface area contributed by atoms with Gasteiger partial charge < -0.3 is 15.3 Å². The van der Waals surface area contributed by atoms with Crippen molar-refractivity contribution in [1.82, 2.24) is 0 Å². The summed E-state index contributed by atoms with van der Waals surface area (Å²) in [6, 6.07) is 16.6. The van der Waals surface area contributed by atoms with Crippen LogP contribution < -0.4 is 10.2 Å². The van der Waals surface area contributed by atoms with Crippen LogP contribution in [-0.4, -0.2) is 19.2 Å². The van der Waals surface area contributed by atoms with Crippen molar-refractivity contribution in [2.45, 2.75) is 19.6 Å². The van der Waals surface area contributed by atoms with Crippen molar-refractivity contribution in [1.29, 1.82) is 0 Å². The maximum absolute atomic E-state index is 9.16. The van der Waals surface area contributed by atoms with Gasteiger partial charge in [-0.05, 0) is 42.3 Å². The van der Waals surface area contributed by atoms with E-state index in [4.69, 9.17) is 5.11 Å². The smallest absolute Gasteiger partial charge is 0.0682 e. The van der Waals surface area contributed by atoms with Crippen LogP contribution in [0.3, 0.4) is 0 Å². The Morgan fingerprint density at radius 3 is 2.40 bits per heavy atom. The van der Waals surface area contributed by atoms with E-state index in [1.54, 1.807) is 0 Å². The normalized spacial score (nSPS) is 12.0. The molecule has 0 amide bonds. The van der Waals surface area contributed by atoms with Gasteiger partial charge in [0, 0.05) is 31.5 Å². The number of nitrogens with one attached hydrogen (secondary N) is 1. The maximum atomic E-state index is 9.16. The number of aliphatic hydroxyl groups is 1. The molecule has 0 radical (unpaired) electrons. The zero-order chi connectivity index (χ0) is 14.5. The molecule has 0 bridgehead atoms. The Kier molecular flexibility index (Phi) is 4.64. The first kappa shape index (κ1) is 14.4. The van der Waals surface area contributed by atoms with E-state index in [9.17, 15) is 0 Å². The van der Waals surface area contributed by atoms with Gasteiger partial charge in [0.1, 0.15) is 0 Å². The van der Waals surface area contributed by atoms with Gasteiger partial charge in [-0.15, -0.1) is 0 Å². The van der Waals surface area contributed by atoms with E-state index in [1.807, 2.05) is 38.4 Å². The van der Waals surface area contributed by atoms with Gasteiger partial charge in [-0.25, -0.2) is 0 Å². The van der Waals surface area contributed by atoms with E-state index < -0.39 is 0 Å². The molecule has 0 saturated heterocycles. The minimum absolute atomic E-state index is 0.0709. The molecular formula is C17H22N2O. The van der Waals surface area contributed by atoms with E-state index >= 15 is 0 Å². The lowest BCUT2D eigenvalue weighted by molar-refractivity contribution is 0.282. The van der Waals surface area contributed by atoms with Gasteiger partial charge in [-0.1, -0.05) is 24.3 Å². The predicted octanol–water partition coefficient (Wildman–Crippen LogP) is 3.42. The Morgan fingerprint density at radius 1 is 1.10 bits per heavy atom. The summed E-state index contributed by atoms with van der Waals surface area (Å²) >= 11 is 0. The third-order valence-corrected chi connectivity index (χ3v) is 3.40. The van der Waals surface area contributed by atoms with Crippen LogP contribution in [0.25, 0.3) is 0 Å². The first-order valence-corrected chi connectivity index (χ1v) is 6.84. The molecule has 2 rings (SSSR count). The number of anilines is 2. The average molecular weight is 270 g/mol. The maximum Gasteiger partial charge on any atom is 0.0682 e. The highest BCUT2D eigenvalue weighted by Crippen LogP contribution is 2.22. The Labute approximate surface area is 120 Å². The molecule has 0 aliphatic heterocycles. The number of benzene rings is 2. The van der Waals surface area contributed by atoms with Crippen LogP contribution in [0.1, 0.15) is 24.1 Å². The SMILES string of the molecule is CC(Nc1cccc(CO)c1)c1ccc(N(C)C)cc1. The predicted molar refractivity (Wildman–Crippen MR) is 85.2 cm³/mol. The van der Waals surface area contributed by atoms with E-state index in [0.717, 1.165) is 11.3 Å². The third-order valence-electron chi connectivity index (χ3n) is 3.40. The lowest BCUT2D eigenvalue weighted by atomic mass is 10.1. The van der Waals surface area contributed by atoms with E-state index in [2.05, 4.69) is 41.4 Å². The molecule has 0 aliphatic carbocycles. The Hall–Kier alpha value is -2.00. The van der Waals surface area contributed by atoms with Crippen LogP contribution in [0, 0.1) is 0 Å². The molecule has 0 aromatic heterocycles. The molecule has 20 heavy (non-hydrogen) atoms. The second kappa shape index (κ2) is 6.44. The Balaban J connectivity index is 2.08. The summed E-state index contributed by atoms with van der Waals surface area (Å²) in [6.07, 6.45) is 0. The summed E-state index contributed by atoms with van der Waals surface area (Å²) in [7, 11) is 4.08. The van der Waals surface area contributed by atoms with Gasteiger partial charge in [0.25, 0.3) is 0 Å². The molecule has 106 valence electrons. The van der Waals surface area contributed by atoms with Crippen molar-refractivity contribution in [2.24, 2.45) is 0 Å². The Bertz CT molecular complexity index is 549. The standard InChI is InChI=1S/C17H22N2O/c1-13(15-7-9-17(10-8-15)19(2)3)18-16-6-4-5-14(11-16)12-20/h4-11,13,18,20H,12H2,1-3H3. The number of hydrogen-bond donors (Lipinski definition) is 2. The Morgan fingerprint density at radius 2 is 1.80 bits per heavy atom. The molecule has 0 aliphatic rings. The van der Waals surface area contributed by atoms with Crippen LogP contribution in [0.5, 0.6) is 0 Å². The van der Waals surface area contributed by atoms with Crippen molar-refractivity contribution < 1.29 is 5.11 Å². The van der Waals surface area contributed by atoms with Crippen LogP contribution in [0.4, 0.5) is 11.4 Å². The number of nitrogens with zero attached hydrogens (tertiary/aromatic N) is 1. The van der Waals surface area contributed by atoms with Gasteiger partial charge in [0.05, 0.1) is 6.61 Å². The first-order valence-electron chi connectivity index (χ1n) is 6.84. The molecule has 0 saturated carbocycles. The molecule has 0 heterocycles. The largest absolute Gasteiger partial charge is 0.392 e. The molecule has 3 nitrogen and oxygen atoms in total. The van der Waals surface area contributed by atoms with Gasteiger partial charge in [0.15, 0.2) is 0 Å². The van der Waals surface area contributed by atoms with Gasteiger partial charge in [-0.2, -0.15) is 0 Å². The van der Waals surface area contributed by atoms with Crippen LogP contribution in [0.2, 0.25) is 0 Å². The molecule has 2 aromatic carbocycles. The lowest BCUT2D eigenvalue weighted by Gasteiger charge is -2.18. The van der Waals surface area contributed by atoms with E-state index in [1.165, 1.54) is 11.3 Å². The number of aliphatic hydroxyl groups excluding tert-OH is 1. The van der Waals surface area contributed by atoms with Gasteiger partial charge >= 0.3 is 0 Å². The summed E-state index contributed by atoms with van der Waals surface area (Å²) in [5, 5.41) is 12.6. The van der Waals surface area contributed by atoms with Crippen LogP contribution >= 0.6 is 0 Å². The first-order chi connectivity index (χ1) is 9.60. The average Bonchev–Trinajstić information content (AvgIpc) is 2.47. The summed E-state index contributed by atoms with van der Waals surface area (Å²) in [4.78, 5) is 2.09. The minimum Gasteiger partial charge on any atom is -0.392 e. The molecule has 1 unspecified atom stereocenters. The molecule has 3 heteroatoms. The van der Waals surface area contributed by atoms with Crippen molar-refractivity contribution in [3.05, 3.63) is 59.7 Å². The number of rotatable bonds is 5. The highest BCUT2D eigenvalue weighted by molar-refractivity contribution is 5.50.